The van der Waals surface area contributed by atoms with Gasteiger partial charge >= 0.3 is 0 Å². The molecule has 0 saturated heterocycles. The molecule has 0 radical (unpaired) electrons. The fraction of sp³-hybridized carbons (Fsp3) is 0.364. The van der Waals surface area contributed by atoms with Gasteiger partial charge in [0.2, 0.25) is 5.91 Å². The van der Waals surface area contributed by atoms with Gasteiger partial charge < -0.3 is 10.6 Å². The normalized spacial score (nSPS) is 10.4. The lowest BCUT2D eigenvalue weighted by atomic mass is 10.2. The topological polar surface area (TPSA) is 41.1 Å². The highest BCUT2D eigenvalue weighted by atomic mass is 35.5. The molecule has 0 fully saturated rings. The van der Waals surface area contributed by atoms with Gasteiger partial charge in [-0.3, -0.25) is 4.79 Å². The van der Waals surface area contributed by atoms with Gasteiger partial charge in [0, 0.05) is 37.1 Å². The summed E-state index contributed by atoms with van der Waals surface area (Å²) in [6, 6.07) is 3.37. The second-order valence-electron chi connectivity index (χ2n) is 3.48. The number of benzene rings is 1. The van der Waals surface area contributed by atoms with Crippen molar-refractivity contribution in [2.45, 2.75) is 13.5 Å². The molecule has 0 aromatic heterocycles. The predicted molar refractivity (Wildman–Crippen MR) is 71.9 cm³/mol. The molecule has 1 rings (SSSR count). The second-order valence-corrected chi connectivity index (χ2v) is 4.67. The van der Waals surface area contributed by atoms with Crippen LogP contribution in [0.25, 0.3) is 0 Å². The largest absolute Gasteiger partial charge is 0.355 e. The van der Waals surface area contributed by atoms with Gasteiger partial charge in [0.05, 0.1) is 10.0 Å². The lowest BCUT2D eigenvalue weighted by Crippen LogP contribution is -2.30. The predicted octanol–water partition coefficient (Wildman–Crippen LogP) is 2.87. The zero-order valence-corrected chi connectivity index (χ0v) is 11.6. The van der Waals surface area contributed by atoms with Crippen molar-refractivity contribution in [3.8, 4) is 0 Å². The summed E-state index contributed by atoms with van der Waals surface area (Å²) >= 11 is 17.9. The highest BCUT2D eigenvalue weighted by Gasteiger charge is 2.08. The quantitative estimate of drug-likeness (QED) is 0.648. The summed E-state index contributed by atoms with van der Waals surface area (Å²) in [6.07, 6.45) is 0. The van der Waals surface area contributed by atoms with Crippen LogP contribution in [0.2, 0.25) is 15.1 Å². The summed E-state index contributed by atoms with van der Waals surface area (Å²) in [7, 11) is 0. The molecule has 6 heteroatoms. The van der Waals surface area contributed by atoms with Crippen LogP contribution in [-0.4, -0.2) is 19.0 Å². The van der Waals surface area contributed by atoms with Gasteiger partial charge in [-0.15, -0.1) is 0 Å². The fourth-order valence-electron chi connectivity index (χ4n) is 1.27. The van der Waals surface area contributed by atoms with Crippen LogP contribution in [0, 0.1) is 0 Å². The van der Waals surface area contributed by atoms with E-state index in [0.717, 1.165) is 5.56 Å². The van der Waals surface area contributed by atoms with E-state index in [1.807, 2.05) is 0 Å². The molecule has 1 aromatic carbocycles. The Morgan fingerprint density at radius 1 is 1.18 bits per heavy atom. The van der Waals surface area contributed by atoms with Gasteiger partial charge in [-0.05, 0) is 12.1 Å². The molecule has 1 amide bonds. The van der Waals surface area contributed by atoms with Crippen LogP contribution in [-0.2, 0) is 11.3 Å². The molecule has 0 aliphatic carbocycles. The van der Waals surface area contributed by atoms with E-state index < -0.39 is 0 Å². The van der Waals surface area contributed by atoms with Gasteiger partial charge in [0.15, 0.2) is 0 Å². The van der Waals surface area contributed by atoms with Crippen LogP contribution in [0.3, 0.4) is 0 Å². The first-order valence-corrected chi connectivity index (χ1v) is 6.23. The second kappa shape index (κ2) is 7.07. The maximum absolute atomic E-state index is 10.6. The third-order valence-electron chi connectivity index (χ3n) is 2.12. The first-order chi connectivity index (χ1) is 8.02. The summed E-state index contributed by atoms with van der Waals surface area (Å²) in [5.41, 5.74) is 0.767. The highest BCUT2D eigenvalue weighted by molar-refractivity contribution is 6.44. The summed E-state index contributed by atoms with van der Waals surface area (Å²) in [6.45, 7) is 3.19. The number of rotatable bonds is 5. The third-order valence-corrected chi connectivity index (χ3v) is 3.31. The zero-order valence-electron chi connectivity index (χ0n) is 9.32. The Morgan fingerprint density at radius 3 is 2.47 bits per heavy atom. The monoisotopic (exact) mass is 294 g/mol. The van der Waals surface area contributed by atoms with Crippen molar-refractivity contribution in [2.75, 3.05) is 13.1 Å². The van der Waals surface area contributed by atoms with Crippen molar-refractivity contribution in [1.29, 1.82) is 0 Å². The van der Waals surface area contributed by atoms with E-state index in [9.17, 15) is 4.79 Å². The Balaban J connectivity index is 2.46. The molecule has 0 unspecified atom stereocenters. The molecule has 94 valence electrons. The summed E-state index contributed by atoms with van der Waals surface area (Å²) in [4.78, 5) is 10.6. The molecular weight excluding hydrogens is 282 g/mol. The minimum Gasteiger partial charge on any atom is -0.355 e. The maximum atomic E-state index is 10.6. The van der Waals surface area contributed by atoms with Gasteiger partial charge in [-0.1, -0.05) is 34.8 Å². The van der Waals surface area contributed by atoms with Crippen LogP contribution in [0.4, 0.5) is 0 Å². The number of carbonyl (C=O) groups is 1. The molecule has 0 atom stereocenters. The molecule has 2 N–H and O–H groups in total. The van der Waals surface area contributed by atoms with Crippen molar-refractivity contribution >= 4 is 40.7 Å². The van der Waals surface area contributed by atoms with Crippen molar-refractivity contribution < 1.29 is 4.79 Å². The summed E-state index contributed by atoms with van der Waals surface area (Å²) < 4.78 is 0. The van der Waals surface area contributed by atoms with E-state index in [-0.39, 0.29) is 5.91 Å². The van der Waals surface area contributed by atoms with Crippen LogP contribution in [0.5, 0.6) is 0 Å². The van der Waals surface area contributed by atoms with Gasteiger partial charge in [0.1, 0.15) is 0 Å². The van der Waals surface area contributed by atoms with Crippen LogP contribution < -0.4 is 10.6 Å². The zero-order chi connectivity index (χ0) is 12.8. The van der Waals surface area contributed by atoms with Crippen LogP contribution in [0.1, 0.15) is 12.5 Å². The molecule has 1 aromatic rings. The molecule has 0 spiro atoms. The Bertz CT molecular complexity index is 410. The van der Waals surface area contributed by atoms with E-state index >= 15 is 0 Å². The van der Waals surface area contributed by atoms with Crippen molar-refractivity contribution in [1.82, 2.24) is 10.6 Å². The maximum Gasteiger partial charge on any atom is 0.216 e. The van der Waals surface area contributed by atoms with Crippen molar-refractivity contribution in [2.24, 2.45) is 0 Å². The van der Waals surface area contributed by atoms with E-state index in [1.165, 1.54) is 6.92 Å². The number of amides is 1. The van der Waals surface area contributed by atoms with Crippen LogP contribution in [0.15, 0.2) is 12.1 Å². The fourth-order valence-corrected chi connectivity index (χ4v) is 1.95. The Kier molecular flexibility index (Phi) is 6.06. The number of hydrogen-bond acceptors (Lipinski definition) is 2. The van der Waals surface area contributed by atoms with E-state index in [2.05, 4.69) is 10.6 Å². The molecular formula is C11H13Cl3N2O. The molecule has 3 nitrogen and oxygen atoms in total. The lowest BCUT2D eigenvalue weighted by Gasteiger charge is -2.10. The molecule has 0 saturated carbocycles. The van der Waals surface area contributed by atoms with E-state index in [1.54, 1.807) is 12.1 Å². The molecule has 0 aliphatic rings. The van der Waals surface area contributed by atoms with Gasteiger partial charge in [0.25, 0.3) is 0 Å². The first-order valence-electron chi connectivity index (χ1n) is 5.10. The summed E-state index contributed by atoms with van der Waals surface area (Å²) in [5.74, 6) is -0.0504. The number of halogens is 3. The van der Waals surface area contributed by atoms with Crippen LogP contribution >= 0.6 is 34.8 Å². The number of hydrogen-bond donors (Lipinski definition) is 2. The molecule has 0 bridgehead atoms. The van der Waals surface area contributed by atoms with Gasteiger partial charge in [-0.2, -0.15) is 0 Å². The molecule has 0 aliphatic heterocycles. The Morgan fingerprint density at radius 2 is 1.82 bits per heavy atom. The molecule has 0 heterocycles. The van der Waals surface area contributed by atoms with Crippen molar-refractivity contribution in [3.63, 3.8) is 0 Å². The average Bonchev–Trinajstić information content (AvgIpc) is 2.27. The van der Waals surface area contributed by atoms with Gasteiger partial charge in [-0.25, -0.2) is 0 Å². The van der Waals surface area contributed by atoms with E-state index in [0.29, 0.717) is 34.7 Å². The third kappa shape index (κ3) is 4.72. The number of nitrogens with one attached hydrogen (secondary N) is 2. The Labute approximate surface area is 115 Å². The SMILES string of the molecule is CC(=O)NCCNCc1c(Cl)ccc(Cl)c1Cl. The summed E-state index contributed by atoms with van der Waals surface area (Å²) in [5, 5.41) is 7.32. The lowest BCUT2D eigenvalue weighted by molar-refractivity contribution is -0.118. The number of carbonyl (C=O) groups excluding carboxylic acids is 1. The van der Waals surface area contributed by atoms with Crippen molar-refractivity contribution in [3.05, 3.63) is 32.8 Å². The van der Waals surface area contributed by atoms with E-state index in [4.69, 9.17) is 34.8 Å². The first kappa shape index (κ1) is 14.6. The minimum atomic E-state index is -0.0504. The highest BCUT2D eigenvalue weighted by Crippen LogP contribution is 2.31. The standard InChI is InChI=1S/C11H13Cl3N2O/c1-7(17)16-5-4-15-6-8-9(12)2-3-10(13)11(8)14/h2-3,15H,4-6H2,1H3,(H,16,17). The minimum absolute atomic E-state index is 0.0504. The average molecular weight is 296 g/mol. The molecule has 17 heavy (non-hydrogen) atoms. The smallest absolute Gasteiger partial charge is 0.216 e. The Hall–Kier alpha value is -0.480.